The quantitative estimate of drug-likeness (QED) is 0.822. The van der Waals surface area contributed by atoms with E-state index in [1.54, 1.807) is 0 Å². The van der Waals surface area contributed by atoms with Crippen molar-refractivity contribution in [2.45, 2.75) is 40.7 Å². The minimum absolute atomic E-state index is 0.122. The van der Waals surface area contributed by atoms with Gasteiger partial charge >= 0.3 is 0 Å². The van der Waals surface area contributed by atoms with Crippen LogP contribution in [-0.2, 0) is 0 Å². The second-order valence-corrected chi connectivity index (χ2v) is 6.19. The van der Waals surface area contributed by atoms with Gasteiger partial charge < -0.3 is 5.32 Å². The summed E-state index contributed by atoms with van der Waals surface area (Å²) in [6.07, 6.45) is 0. The SMILES string of the molecule is CNC(c1ccccc1Cl)c1c(C)c(C)c(C)c(C)c1C. The number of hydrogen-bond donors (Lipinski definition) is 1. The molecular weight excluding hydrogens is 278 g/mol. The molecule has 1 unspecified atom stereocenters. The average molecular weight is 302 g/mol. The summed E-state index contributed by atoms with van der Waals surface area (Å²) in [4.78, 5) is 0. The van der Waals surface area contributed by atoms with Gasteiger partial charge in [0.2, 0.25) is 0 Å². The maximum atomic E-state index is 6.42. The van der Waals surface area contributed by atoms with Crippen LogP contribution in [0, 0.1) is 34.6 Å². The lowest BCUT2D eigenvalue weighted by atomic mass is 9.84. The van der Waals surface area contributed by atoms with Gasteiger partial charge in [-0.25, -0.2) is 0 Å². The molecule has 0 spiro atoms. The molecule has 2 heteroatoms. The van der Waals surface area contributed by atoms with E-state index in [2.05, 4.69) is 46.0 Å². The van der Waals surface area contributed by atoms with Gasteiger partial charge in [0.1, 0.15) is 0 Å². The summed E-state index contributed by atoms with van der Waals surface area (Å²) in [6.45, 7) is 11.1. The fraction of sp³-hybridized carbons (Fsp3) is 0.368. The molecule has 0 radical (unpaired) electrons. The van der Waals surface area contributed by atoms with E-state index in [9.17, 15) is 0 Å². The van der Waals surface area contributed by atoms with Crippen molar-refractivity contribution in [2.75, 3.05) is 7.05 Å². The minimum atomic E-state index is 0.122. The highest BCUT2D eigenvalue weighted by molar-refractivity contribution is 6.31. The summed E-state index contributed by atoms with van der Waals surface area (Å²) in [5.41, 5.74) is 9.34. The third-order valence-corrected chi connectivity index (χ3v) is 5.20. The van der Waals surface area contributed by atoms with E-state index in [4.69, 9.17) is 11.6 Å². The molecule has 0 bridgehead atoms. The summed E-state index contributed by atoms with van der Waals surface area (Å²) in [5, 5.41) is 4.26. The van der Waals surface area contributed by atoms with Crippen molar-refractivity contribution in [3.05, 3.63) is 68.2 Å². The van der Waals surface area contributed by atoms with Gasteiger partial charge in [-0.05, 0) is 86.7 Å². The Morgan fingerprint density at radius 2 is 1.29 bits per heavy atom. The van der Waals surface area contributed by atoms with Gasteiger partial charge in [0.05, 0.1) is 6.04 Å². The van der Waals surface area contributed by atoms with Crippen LogP contribution >= 0.6 is 11.6 Å². The molecule has 2 aromatic carbocycles. The van der Waals surface area contributed by atoms with Crippen LogP contribution < -0.4 is 5.32 Å². The monoisotopic (exact) mass is 301 g/mol. The number of hydrogen-bond acceptors (Lipinski definition) is 1. The highest BCUT2D eigenvalue weighted by atomic mass is 35.5. The molecule has 0 aliphatic rings. The van der Waals surface area contributed by atoms with Gasteiger partial charge in [0.25, 0.3) is 0 Å². The molecule has 112 valence electrons. The summed E-state index contributed by atoms with van der Waals surface area (Å²) in [5.74, 6) is 0. The second kappa shape index (κ2) is 6.21. The second-order valence-electron chi connectivity index (χ2n) is 5.78. The van der Waals surface area contributed by atoms with Gasteiger partial charge in [-0.15, -0.1) is 0 Å². The smallest absolute Gasteiger partial charge is 0.0594 e. The Kier molecular flexibility index (Phi) is 4.75. The Morgan fingerprint density at radius 3 is 1.76 bits per heavy atom. The van der Waals surface area contributed by atoms with Crippen LogP contribution in [0.5, 0.6) is 0 Å². The van der Waals surface area contributed by atoms with Crippen LogP contribution in [0.1, 0.15) is 45.0 Å². The molecule has 0 saturated carbocycles. The Balaban J connectivity index is 2.73. The number of halogens is 1. The van der Waals surface area contributed by atoms with Crippen molar-refractivity contribution in [2.24, 2.45) is 0 Å². The van der Waals surface area contributed by atoms with Crippen LogP contribution in [0.4, 0.5) is 0 Å². The van der Waals surface area contributed by atoms with Crippen molar-refractivity contribution < 1.29 is 0 Å². The fourth-order valence-corrected chi connectivity index (χ4v) is 3.37. The first kappa shape index (κ1) is 16.1. The van der Waals surface area contributed by atoms with Crippen molar-refractivity contribution >= 4 is 11.6 Å². The number of rotatable bonds is 3. The molecule has 0 heterocycles. The highest BCUT2D eigenvalue weighted by Crippen LogP contribution is 2.35. The van der Waals surface area contributed by atoms with Gasteiger partial charge in [0, 0.05) is 5.02 Å². The maximum absolute atomic E-state index is 6.42. The van der Waals surface area contributed by atoms with Crippen LogP contribution in [0.25, 0.3) is 0 Å². The zero-order valence-corrected chi connectivity index (χ0v) is 14.5. The first-order valence-corrected chi connectivity index (χ1v) is 7.76. The van der Waals surface area contributed by atoms with Crippen LogP contribution in [-0.4, -0.2) is 7.05 Å². The Hall–Kier alpha value is -1.31. The third-order valence-electron chi connectivity index (χ3n) is 4.85. The van der Waals surface area contributed by atoms with Gasteiger partial charge in [-0.3, -0.25) is 0 Å². The van der Waals surface area contributed by atoms with E-state index >= 15 is 0 Å². The zero-order valence-electron chi connectivity index (χ0n) is 13.8. The van der Waals surface area contributed by atoms with Crippen molar-refractivity contribution in [1.29, 1.82) is 0 Å². The summed E-state index contributed by atoms with van der Waals surface area (Å²) in [7, 11) is 2.00. The lowest BCUT2D eigenvalue weighted by Crippen LogP contribution is -2.21. The van der Waals surface area contributed by atoms with Crippen molar-refractivity contribution in [1.82, 2.24) is 5.32 Å². The van der Waals surface area contributed by atoms with Gasteiger partial charge in [0.15, 0.2) is 0 Å². The molecular formula is C19H24ClN. The van der Waals surface area contributed by atoms with E-state index in [0.717, 1.165) is 10.6 Å². The van der Waals surface area contributed by atoms with Crippen LogP contribution in [0.15, 0.2) is 24.3 Å². The maximum Gasteiger partial charge on any atom is 0.0594 e. The largest absolute Gasteiger partial charge is 0.309 e. The topological polar surface area (TPSA) is 12.0 Å². The van der Waals surface area contributed by atoms with E-state index in [1.165, 1.54) is 33.4 Å². The van der Waals surface area contributed by atoms with E-state index in [-0.39, 0.29) is 6.04 Å². The molecule has 1 nitrogen and oxygen atoms in total. The molecule has 0 aliphatic carbocycles. The molecule has 0 fully saturated rings. The average Bonchev–Trinajstić information content (AvgIpc) is 2.48. The third kappa shape index (κ3) is 2.73. The predicted octanol–water partition coefficient (Wildman–Crippen LogP) is 5.19. The first-order valence-electron chi connectivity index (χ1n) is 7.38. The normalized spacial score (nSPS) is 12.5. The van der Waals surface area contributed by atoms with Crippen LogP contribution in [0.2, 0.25) is 5.02 Å². The lowest BCUT2D eigenvalue weighted by Gasteiger charge is -2.26. The molecule has 21 heavy (non-hydrogen) atoms. The van der Waals surface area contributed by atoms with Crippen molar-refractivity contribution in [3.8, 4) is 0 Å². The van der Waals surface area contributed by atoms with E-state index in [1.807, 2.05) is 25.2 Å². The molecule has 2 aromatic rings. The highest BCUT2D eigenvalue weighted by Gasteiger charge is 2.22. The summed E-state index contributed by atoms with van der Waals surface area (Å²) >= 11 is 6.42. The minimum Gasteiger partial charge on any atom is -0.309 e. The van der Waals surface area contributed by atoms with Gasteiger partial charge in [-0.2, -0.15) is 0 Å². The number of benzene rings is 2. The fourth-order valence-electron chi connectivity index (χ4n) is 3.13. The standard InChI is InChI=1S/C19H24ClN/c1-11-12(2)14(4)18(15(5)13(11)3)19(21-6)16-9-7-8-10-17(16)20/h7-10,19,21H,1-6H3. The van der Waals surface area contributed by atoms with E-state index < -0.39 is 0 Å². The zero-order chi connectivity index (χ0) is 15.7. The first-order chi connectivity index (χ1) is 9.90. The molecule has 1 N–H and O–H groups in total. The summed E-state index contributed by atoms with van der Waals surface area (Å²) in [6, 6.07) is 8.21. The molecule has 2 rings (SSSR count). The predicted molar refractivity (Wildman–Crippen MR) is 92.5 cm³/mol. The molecule has 0 amide bonds. The molecule has 1 atom stereocenters. The van der Waals surface area contributed by atoms with Gasteiger partial charge in [-0.1, -0.05) is 29.8 Å². The van der Waals surface area contributed by atoms with Crippen LogP contribution in [0.3, 0.4) is 0 Å². The number of nitrogens with one attached hydrogen (secondary N) is 1. The van der Waals surface area contributed by atoms with E-state index in [0.29, 0.717) is 0 Å². The lowest BCUT2D eigenvalue weighted by molar-refractivity contribution is 0.681. The summed E-state index contributed by atoms with van der Waals surface area (Å²) < 4.78 is 0. The molecule has 0 aromatic heterocycles. The van der Waals surface area contributed by atoms with Crippen molar-refractivity contribution in [3.63, 3.8) is 0 Å². The Morgan fingerprint density at radius 1 is 0.810 bits per heavy atom. The molecule has 0 saturated heterocycles. The Bertz CT molecular complexity index is 645. The Labute approximate surface area is 133 Å². The molecule has 0 aliphatic heterocycles.